The van der Waals surface area contributed by atoms with E-state index >= 15 is 0 Å². The standard InChI is InChI=1S/C16H13NO4S/c1-3-12-5-4-6-14(9-12)17-22(20,21)15-10-13(16(18)19)8-7-11(15)2/h1,4-10,17H,2H3,(H,18,19). The minimum absolute atomic E-state index is 0.0847. The van der Waals surface area contributed by atoms with E-state index in [-0.39, 0.29) is 10.5 Å². The van der Waals surface area contributed by atoms with Gasteiger partial charge in [-0.3, -0.25) is 4.72 Å². The predicted octanol–water partition coefficient (Wildman–Crippen LogP) is 2.48. The highest BCUT2D eigenvalue weighted by atomic mass is 32.2. The molecule has 22 heavy (non-hydrogen) atoms. The largest absolute Gasteiger partial charge is 0.478 e. The summed E-state index contributed by atoms with van der Waals surface area (Å²) in [4.78, 5) is 10.9. The molecule has 2 aromatic carbocycles. The molecule has 0 fully saturated rings. The maximum absolute atomic E-state index is 12.4. The number of aryl methyl sites for hydroxylation is 1. The lowest BCUT2D eigenvalue weighted by Crippen LogP contribution is -2.15. The Labute approximate surface area is 128 Å². The Morgan fingerprint density at radius 2 is 1.95 bits per heavy atom. The topological polar surface area (TPSA) is 83.5 Å². The maximum Gasteiger partial charge on any atom is 0.335 e. The number of carboxylic acid groups (broad SMARTS) is 1. The molecular weight excluding hydrogens is 302 g/mol. The highest BCUT2D eigenvalue weighted by Crippen LogP contribution is 2.21. The molecule has 0 aliphatic carbocycles. The van der Waals surface area contributed by atoms with E-state index in [4.69, 9.17) is 11.5 Å². The Morgan fingerprint density at radius 1 is 1.23 bits per heavy atom. The molecule has 112 valence electrons. The van der Waals surface area contributed by atoms with Crippen LogP contribution in [-0.4, -0.2) is 19.5 Å². The summed E-state index contributed by atoms with van der Waals surface area (Å²) >= 11 is 0. The van der Waals surface area contributed by atoms with Gasteiger partial charge in [0.15, 0.2) is 0 Å². The minimum Gasteiger partial charge on any atom is -0.478 e. The number of carbonyl (C=O) groups is 1. The molecule has 2 N–H and O–H groups in total. The van der Waals surface area contributed by atoms with Crippen molar-refractivity contribution in [3.05, 3.63) is 59.2 Å². The van der Waals surface area contributed by atoms with Gasteiger partial charge in [-0.25, -0.2) is 13.2 Å². The van der Waals surface area contributed by atoms with E-state index in [1.54, 1.807) is 25.1 Å². The first-order valence-corrected chi connectivity index (χ1v) is 7.75. The summed E-state index contributed by atoms with van der Waals surface area (Å²) in [5.74, 6) is 1.23. The van der Waals surface area contributed by atoms with Crippen molar-refractivity contribution in [1.82, 2.24) is 0 Å². The Hall–Kier alpha value is -2.78. The number of benzene rings is 2. The molecular formula is C16H13NO4S. The molecule has 0 amide bonds. The monoisotopic (exact) mass is 315 g/mol. The average molecular weight is 315 g/mol. The Kier molecular flexibility index (Phi) is 4.20. The summed E-state index contributed by atoms with van der Waals surface area (Å²) in [7, 11) is -3.91. The summed E-state index contributed by atoms with van der Waals surface area (Å²) < 4.78 is 27.3. The summed E-state index contributed by atoms with van der Waals surface area (Å²) in [6.07, 6.45) is 5.28. The highest BCUT2D eigenvalue weighted by Gasteiger charge is 2.19. The quantitative estimate of drug-likeness (QED) is 0.849. The van der Waals surface area contributed by atoms with Crippen LogP contribution in [0.2, 0.25) is 0 Å². The third-order valence-electron chi connectivity index (χ3n) is 3.01. The molecule has 0 radical (unpaired) electrons. The van der Waals surface area contributed by atoms with Crippen molar-refractivity contribution in [2.24, 2.45) is 0 Å². The molecule has 0 aliphatic heterocycles. The third kappa shape index (κ3) is 3.27. The number of sulfonamides is 1. The SMILES string of the molecule is C#Cc1cccc(NS(=O)(=O)c2cc(C(=O)O)ccc2C)c1. The van der Waals surface area contributed by atoms with Crippen LogP contribution in [0.4, 0.5) is 5.69 Å². The maximum atomic E-state index is 12.4. The van der Waals surface area contributed by atoms with E-state index in [0.29, 0.717) is 16.8 Å². The van der Waals surface area contributed by atoms with Crippen molar-refractivity contribution in [2.75, 3.05) is 4.72 Å². The Balaban J connectivity index is 2.44. The van der Waals surface area contributed by atoms with Crippen LogP contribution in [0.5, 0.6) is 0 Å². The zero-order valence-electron chi connectivity index (χ0n) is 11.7. The third-order valence-corrected chi connectivity index (χ3v) is 4.53. The van der Waals surface area contributed by atoms with E-state index in [2.05, 4.69) is 10.6 Å². The van der Waals surface area contributed by atoms with Crippen LogP contribution in [0.15, 0.2) is 47.4 Å². The normalized spacial score (nSPS) is 10.7. The Bertz CT molecular complexity index is 879. The molecule has 5 nitrogen and oxygen atoms in total. The van der Waals surface area contributed by atoms with Gasteiger partial charge in [0.25, 0.3) is 10.0 Å². The lowest BCUT2D eigenvalue weighted by molar-refractivity contribution is 0.0696. The van der Waals surface area contributed by atoms with Gasteiger partial charge in [-0.1, -0.05) is 18.1 Å². The van der Waals surface area contributed by atoms with Gasteiger partial charge in [0.2, 0.25) is 0 Å². The molecule has 0 bridgehead atoms. The van der Waals surface area contributed by atoms with Crippen molar-refractivity contribution in [3.8, 4) is 12.3 Å². The molecule has 0 unspecified atom stereocenters. The second kappa shape index (κ2) is 5.92. The van der Waals surface area contributed by atoms with Crippen LogP contribution in [0.3, 0.4) is 0 Å². The van der Waals surface area contributed by atoms with Gasteiger partial charge in [-0.2, -0.15) is 0 Å². The van der Waals surface area contributed by atoms with Crippen molar-refractivity contribution >= 4 is 21.7 Å². The van der Waals surface area contributed by atoms with Crippen molar-refractivity contribution in [2.45, 2.75) is 11.8 Å². The number of hydrogen-bond acceptors (Lipinski definition) is 3. The average Bonchev–Trinajstić information content (AvgIpc) is 2.47. The van der Waals surface area contributed by atoms with Crippen LogP contribution in [0.25, 0.3) is 0 Å². The van der Waals surface area contributed by atoms with Gasteiger partial charge >= 0.3 is 5.97 Å². The van der Waals surface area contributed by atoms with Gasteiger partial charge < -0.3 is 5.11 Å². The number of anilines is 1. The second-order valence-electron chi connectivity index (χ2n) is 4.62. The molecule has 2 rings (SSSR count). The molecule has 0 saturated carbocycles. The van der Waals surface area contributed by atoms with Gasteiger partial charge in [0, 0.05) is 5.56 Å². The van der Waals surface area contributed by atoms with Gasteiger partial charge in [0.05, 0.1) is 16.1 Å². The van der Waals surface area contributed by atoms with Crippen molar-refractivity contribution in [3.63, 3.8) is 0 Å². The van der Waals surface area contributed by atoms with Crippen molar-refractivity contribution in [1.29, 1.82) is 0 Å². The van der Waals surface area contributed by atoms with E-state index in [9.17, 15) is 13.2 Å². The molecule has 6 heteroatoms. The fourth-order valence-electron chi connectivity index (χ4n) is 1.91. The lowest BCUT2D eigenvalue weighted by atomic mass is 10.1. The van der Waals surface area contributed by atoms with Crippen LogP contribution in [-0.2, 0) is 10.0 Å². The molecule has 0 spiro atoms. The van der Waals surface area contributed by atoms with E-state index in [1.807, 2.05) is 0 Å². The van der Waals surface area contributed by atoms with Gasteiger partial charge in [0.1, 0.15) is 0 Å². The fourth-order valence-corrected chi connectivity index (χ4v) is 3.23. The number of carboxylic acids is 1. The van der Waals surface area contributed by atoms with Crippen LogP contribution in [0.1, 0.15) is 21.5 Å². The summed E-state index contributed by atoms with van der Waals surface area (Å²) in [6.45, 7) is 1.60. The molecule has 0 heterocycles. The first-order chi connectivity index (χ1) is 10.3. The highest BCUT2D eigenvalue weighted by molar-refractivity contribution is 7.92. The number of nitrogens with one attached hydrogen (secondary N) is 1. The summed E-state index contributed by atoms with van der Waals surface area (Å²) in [5, 5.41) is 8.99. The van der Waals surface area contributed by atoms with Crippen molar-refractivity contribution < 1.29 is 18.3 Å². The molecule has 2 aromatic rings. The number of terminal acetylenes is 1. The van der Waals surface area contributed by atoms with Crippen LogP contribution >= 0.6 is 0 Å². The second-order valence-corrected chi connectivity index (χ2v) is 6.27. The zero-order chi connectivity index (χ0) is 16.3. The molecule has 0 saturated heterocycles. The molecule has 0 aromatic heterocycles. The van der Waals surface area contributed by atoms with Crippen LogP contribution < -0.4 is 4.72 Å². The van der Waals surface area contributed by atoms with E-state index in [1.165, 1.54) is 18.2 Å². The lowest BCUT2D eigenvalue weighted by Gasteiger charge is -2.11. The Morgan fingerprint density at radius 3 is 2.59 bits per heavy atom. The van der Waals surface area contributed by atoms with E-state index in [0.717, 1.165) is 6.07 Å². The first-order valence-electron chi connectivity index (χ1n) is 6.27. The smallest absolute Gasteiger partial charge is 0.335 e. The fraction of sp³-hybridized carbons (Fsp3) is 0.0625. The first kappa shape index (κ1) is 15.6. The van der Waals surface area contributed by atoms with E-state index < -0.39 is 16.0 Å². The van der Waals surface area contributed by atoms with Crippen LogP contribution in [0, 0.1) is 19.3 Å². The van der Waals surface area contributed by atoms with Gasteiger partial charge in [-0.15, -0.1) is 6.42 Å². The number of hydrogen-bond donors (Lipinski definition) is 2. The molecule has 0 atom stereocenters. The minimum atomic E-state index is -3.91. The number of rotatable bonds is 4. The zero-order valence-corrected chi connectivity index (χ0v) is 12.5. The summed E-state index contributed by atoms with van der Waals surface area (Å²) in [6, 6.07) is 10.3. The number of aromatic carboxylic acids is 1. The summed E-state index contributed by atoms with van der Waals surface area (Å²) in [5.41, 5.74) is 1.21. The predicted molar refractivity (Wildman–Crippen MR) is 83.3 cm³/mol. The molecule has 0 aliphatic rings. The van der Waals surface area contributed by atoms with Gasteiger partial charge in [-0.05, 0) is 42.8 Å².